The molecule has 0 radical (unpaired) electrons. The Morgan fingerprint density at radius 1 is 1.11 bits per heavy atom. The Hall–Kier alpha value is -0.570. The van der Waals surface area contributed by atoms with Crippen LogP contribution in [0.15, 0.2) is 0 Å². The molecular weight excluding hydrogens is 228 g/mol. The van der Waals surface area contributed by atoms with E-state index in [-0.39, 0.29) is 0 Å². The lowest BCUT2D eigenvalue weighted by Gasteiger charge is -2.55. The monoisotopic (exact) mass is 252 g/mol. The van der Waals surface area contributed by atoms with Crippen LogP contribution in [0.25, 0.3) is 0 Å². The Balaban J connectivity index is 1.75. The molecule has 3 nitrogen and oxygen atoms in total. The molecule has 0 aliphatic heterocycles. The number of carboxylic acid groups (broad SMARTS) is 1. The summed E-state index contributed by atoms with van der Waals surface area (Å²) >= 11 is 0. The van der Waals surface area contributed by atoms with Gasteiger partial charge in [-0.15, -0.1) is 0 Å². The number of hydrogen-bond acceptors (Lipinski definition) is 2. The molecule has 3 heteroatoms. The van der Waals surface area contributed by atoms with Gasteiger partial charge >= 0.3 is 5.97 Å². The van der Waals surface area contributed by atoms with Gasteiger partial charge in [0.05, 0.1) is 0 Å². The van der Waals surface area contributed by atoms with E-state index in [0.29, 0.717) is 30.6 Å². The fraction of sp³-hybridized carbons (Fsp3) is 0.933. The lowest BCUT2D eigenvalue weighted by Crippen LogP contribution is -2.49. The molecule has 1 unspecified atom stereocenters. The van der Waals surface area contributed by atoms with Crippen LogP contribution in [0.1, 0.15) is 51.9 Å². The third kappa shape index (κ3) is 1.87. The molecule has 0 saturated heterocycles. The lowest BCUT2D eigenvalue weighted by atomic mass is 9.50. The van der Waals surface area contributed by atoms with E-state index < -0.39 is 11.6 Å². The zero-order valence-corrected chi connectivity index (χ0v) is 11.1. The van der Waals surface area contributed by atoms with Crippen molar-refractivity contribution in [2.45, 2.75) is 57.5 Å². The van der Waals surface area contributed by atoms with Crippen molar-refractivity contribution in [2.75, 3.05) is 0 Å². The molecule has 0 aromatic heterocycles. The molecule has 4 rings (SSSR count). The smallest absolute Gasteiger partial charge is 0.335 e. The summed E-state index contributed by atoms with van der Waals surface area (Å²) in [6.07, 6.45) is 7.37. The van der Waals surface area contributed by atoms with E-state index in [4.69, 9.17) is 0 Å². The SMILES string of the molecule is CCC(O)(CC1C2CC3CC(C2)CC1C3)C(=O)O. The predicted octanol–water partition coefficient (Wildman–Crippen LogP) is 2.67. The zero-order valence-electron chi connectivity index (χ0n) is 11.1. The molecular formula is C15H24O3. The number of hydrogen-bond donors (Lipinski definition) is 2. The van der Waals surface area contributed by atoms with Crippen LogP contribution < -0.4 is 0 Å². The van der Waals surface area contributed by atoms with Crippen molar-refractivity contribution in [1.29, 1.82) is 0 Å². The van der Waals surface area contributed by atoms with Crippen LogP contribution in [0.4, 0.5) is 0 Å². The number of carbonyl (C=O) groups is 1. The topological polar surface area (TPSA) is 57.5 Å². The molecule has 2 N–H and O–H groups in total. The van der Waals surface area contributed by atoms with Crippen molar-refractivity contribution in [3.63, 3.8) is 0 Å². The summed E-state index contributed by atoms with van der Waals surface area (Å²) in [6, 6.07) is 0. The normalized spacial score (nSPS) is 44.9. The van der Waals surface area contributed by atoms with Crippen LogP contribution in [-0.2, 0) is 4.79 Å². The van der Waals surface area contributed by atoms with Crippen molar-refractivity contribution >= 4 is 5.97 Å². The van der Waals surface area contributed by atoms with Gasteiger partial charge in [-0.3, -0.25) is 0 Å². The van der Waals surface area contributed by atoms with Gasteiger partial charge in [0.15, 0.2) is 5.60 Å². The molecule has 1 atom stereocenters. The highest BCUT2D eigenvalue weighted by molar-refractivity contribution is 5.76. The fourth-order valence-corrected chi connectivity index (χ4v) is 5.14. The Morgan fingerprint density at radius 3 is 2.00 bits per heavy atom. The highest BCUT2D eigenvalue weighted by Crippen LogP contribution is 2.58. The van der Waals surface area contributed by atoms with Gasteiger partial charge in [-0.1, -0.05) is 6.92 Å². The van der Waals surface area contributed by atoms with Crippen molar-refractivity contribution in [3.8, 4) is 0 Å². The summed E-state index contributed by atoms with van der Waals surface area (Å²) in [5.74, 6) is 2.63. The molecule has 4 bridgehead atoms. The molecule has 4 saturated carbocycles. The summed E-state index contributed by atoms with van der Waals surface area (Å²) in [5.41, 5.74) is -1.49. The highest BCUT2D eigenvalue weighted by Gasteiger charge is 2.51. The molecule has 0 heterocycles. The maximum absolute atomic E-state index is 11.3. The maximum Gasteiger partial charge on any atom is 0.335 e. The number of aliphatic carboxylic acids is 1. The van der Waals surface area contributed by atoms with E-state index in [1.807, 2.05) is 0 Å². The van der Waals surface area contributed by atoms with Gasteiger partial charge in [0.2, 0.25) is 0 Å². The molecule has 0 aromatic rings. The quantitative estimate of drug-likeness (QED) is 0.808. The second kappa shape index (κ2) is 4.22. The van der Waals surface area contributed by atoms with Crippen LogP contribution in [-0.4, -0.2) is 21.8 Å². The van der Waals surface area contributed by atoms with E-state index in [1.165, 1.54) is 32.1 Å². The minimum Gasteiger partial charge on any atom is -0.479 e. The first-order valence-electron chi connectivity index (χ1n) is 7.47. The third-order valence-corrected chi connectivity index (χ3v) is 5.98. The molecule has 0 amide bonds. The van der Waals surface area contributed by atoms with E-state index in [0.717, 1.165) is 11.8 Å². The molecule has 102 valence electrons. The van der Waals surface area contributed by atoms with Crippen molar-refractivity contribution in [2.24, 2.45) is 29.6 Å². The maximum atomic E-state index is 11.3. The minimum atomic E-state index is -1.49. The van der Waals surface area contributed by atoms with Gasteiger partial charge in [0, 0.05) is 0 Å². The predicted molar refractivity (Wildman–Crippen MR) is 68.0 cm³/mol. The van der Waals surface area contributed by atoms with Crippen molar-refractivity contribution in [1.82, 2.24) is 0 Å². The first kappa shape index (κ1) is 12.5. The van der Waals surface area contributed by atoms with E-state index >= 15 is 0 Å². The second-order valence-corrected chi connectivity index (χ2v) is 6.99. The molecule has 4 fully saturated rings. The summed E-state index contributed by atoms with van der Waals surface area (Å²) in [6.45, 7) is 1.78. The van der Waals surface area contributed by atoms with E-state index in [2.05, 4.69) is 0 Å². The van der Waals surface area contributed by atoms with Gasteiger partial charge < -0.3 is 10.2 Å². The van der Waals surface area contributed by atoms with Crippen LogP contribution in [0.2, 0.25) is 0 Å². The average Bonchev–Trinajstić information content (AvgIpc) is 2.32. The largest absolute Gasteiger partial charge is 0.479 e. The summed E-state index contributed by atoms with van der Waals surface area (Å²) < 4.78 is 0. The molecule has 18 heavy (non-hydrogen) atoms. The Morgan fingerprint density at radius 2 is 1.61 bits per heavy atom. The standard InChI is InChI=1S/C15H24O3/c1-2-15(18,14(16)17)8-13-11-4-9-3-10(6-11)7-12(13)5-9/h9-13,18H,2-8H2,1H3,(H,16,17). The van der Waals surface area contributed by atoms with Gasteiger partial charge in [-0.25, -0.2) is 4.79 Å². The Labute approximate surface area is 109 Å². The van der Waals surface area contributed by atoms with Crippen molar-refractivity contribution < 1.29 is 15.0 Å². The number of carboxylic acids is 1. The summed E-state index contributed by atoms with van der Waals surface area (Å²) in [5, 5.41) is 19.5. The third-order valence-electron chi connectivity index (χ3n) is 5.98. The molecule has 4 aliphatic rings. The van der Waals surface area contributed by atoms with Crippen LogP contribution >= 0.6 is 0 Å². The van der Waals surface area contributed by atoms with Gasteiger partial charge in [0.1, 0.15) is 0 Å². The number of aliphatic hydroxyl groups is 1. The van der Waals surface area contributed by atoms with Gasteiger partial charge in [0.25, 0.3) is 0 Å². The molecule has 0 spiro atoms. The molecule has 4 aliphatic carbocycles. The van der Waals surface area contributed by atoms with Crippen LogP contribution in [0.5, 0.6) is 0 Å². The fourth-order valence-electron chi connectivity index (χ4n) is 5.14. The summed E-state index contributed by atoms with van der Waals surface area (Å²) in [7, 11) is 0. The molecule has 0 aromatic carbocycles. The first-order chi connectivity index (χ1) is 8.51. The van der Waals surface area contributed by atoms with Crippen LogP contribution in [0.3, 0.4) is 0 Å². The van der Waals surface area contributed by atoms with Gasteiger partial charge in [-0.05, 0) is 74.5 Å². The Kier molecular flexibility index (Phi) is 2.92. The Bertz CT molecular complexity index is 324. The van der Waals surface area contributed by atoms with Gasteiger partial charge in [-0.2, -0.15) is 0 Å². The zero-order chi connectivity index (χ0) is 12.9. The van der Waals surface area contributed by atoms with Crippen molar-refractivity contribution in [3.05, 3.63) is 0 Å². The van der Waals surface area contributed by atoms with Crippen LogP contribution in [0, 0.1) is 29.6 Å². The van der Waals surface area contributed by atoms with E-state index in [1.54, 1.807) is 6.92 Å². The second-order valence-electron chi connectivity index (χ2n) is 6.99. The number of rotatable bonds is 4. The first-order valence-corrected chi connectivity index (χ1v) is 7.47. The summed E-state index contributed by atoms with van der Waals surface area (Å²) in [4.78, 5) is 11.3. The highest BCUT2D eigenvalue weighted by atomic mass is 16.4. The minimum absolute atomic E-state index is 0.325. The lowest BCUT2D eigenvalue weighted by molar-refractivity contribution is -0.165. The van der Waals surface area contributed by atoms with E-state index in [9.17, 15) is 15.0 Å². The average molecular weight is 252 g/mol.